The molecule has 2 heterocycles. The summed E-state index contributed by atoms with van der Waals surface area (Å²) in [6, 6.07) is 3.86. The standard InChI is InChI=1S/C24H33Br2N6O9P/c1-13(2)9-17(20(33)37-4)30-42(36,41-15-8-6-7-14(25)10-15)39-12-18-16(29-31-27)11-19(40-18)32-22(38-5)24(3,26)21(34)28-23(32)35/h6-8,10,13,16-19,22H,9,11-12H2,1-5H3,(H,30,36)(H,28,34,35)/t16-,17-,18+,19+,22?,24?,42?/m0/s1. The number of carbonyl (C=O) groups excluding carboxylic acids is 3. The molecule has 2 aliphatic rings. The molecule has 0 radical (unpaired) electrons. The maximum atomic E-state index is 14.1. The number of hydrogen-bond donors (Lipinski definition) is 2. The minimum atomic E-state index is -4.31. The highest BCUT2D eigenvalue weighted by atomic mass is 79.9. The number of benzene rings is 1. The van der Waals surface area contributed by atoms with Crippen LogP contribution in [0.5, 0.6) is 5.75 Å². The number of ether oxygens (including phenoxy) is 3. The third-order valence-corrected chi connectivity index (χ3v) is 9.30. The van der Waals surface area contributed by atoms with Crippen molar-refractivity contribution in [2.24, 2.45) is 11.0 Å². The van der Waals surface area contributed by atoms with Crippen molar-refractivity contribution in [3.05, 3.63) is 39.2 Å². The van der Waals surface area contributed by atoms with Crippen LogP contribution in [0, 0.1) is 5.92 Å². The Morgan fingerprint density at radius 1 is 1.38 bits per heavy atom. The number of halogens is 2. The Labute approximate surface area is 259 Å². The van der Waals surface area contributed by atoms with Crippen molar-refractivity contribution >= 4 is 57.5 Å². The molecule has 0 saturated carbocycles. The van der Waals surface area contributed by atoms with Gasteiger partial charge in [-0.2, -0.15) is 5.09 Å². The van der Waals surface area contributed by atoms with Crippen LogP contribution in [0.15, 0.2) is 33.9 Å². The Hall–Kier alpha value is -2.23. The van der Waals surface area contributed by atoms with Crippen molar-refractivity contribution in [2.45, 2.75) is 68.6 Å². The van der Waals surface area contributed by atoms with Crippen LogP contribution in [0.2, 0.25) is 0 Å². The molecule has 1 aromatic carbocycles. The summed E-state index contributed by atoms with van der Waals surface area (Å²) in [4.78, 5) is 41.8. The molecule has 7 atom stereocenters. The lowest BCUT2D eigenvalue weighted by atomic mass is 10.0. The van der Waals surface area contributed by atoms with Crippen LogP contribution in [0.25, 0.3) is 10.4 Å². The van der Waals surface area contributed by atoms with E-state index in [1.807, 2.05) is 13.8 Å². The molecule has 0 spiro atoms. The van der Waals surface area contributed by atoms with Crippen LogP contribution in [0.3, 0.4) is 0 Å². The van der Waals surface area contributed by atoms with Gasteiger partial charge in [0.1, 0.15) is 22.3 Å². The molecule has 18 heteroatoms. The summed E-state index contributed by atoms with van der Waals surface area (Å²) in [6.07, 6.45) is -2.80. The fourth-order valence-electron chi connectivity index (χ4n) is 4.53. The number of methoxy groups -OCH3 is 2. The molecule has 42 heavy (non-hydrogen) atoms. The molecule has 2 N–H and O–H groups in total. The van der Waals surface area contributed by atoms with Gasteiger partial charge in [0.2, 0.25) is 5.91 Å². The van der Waals surface area contributed by atoms with Crippen molar-refractivity contribution in [1.82, 2.24) is 15.3 Å². The average molecular weight is 740 g/mol. The maximum absolute atomic E-state index is 14.1. The van der Waals surface area contributed by atoms with Gasteiger partial charge in [0.05, 0.1) is 25.9 Å². The zero-order valence-corrected chi connectivity index (χ0v) is 27.6. The molecule has 2 fully saturated rings. The molecular formula is C24H33Br2N6O9P. The molecule has 2 saturated heterocycles. The van der Waals surface area contributed by atoms with Crippen molar-refractivity contribution in [3.63, 3.8) is 0 Å². The zero-order valence-electron chi connectivity index (χ0n) is 23.6. The van der Waals surface area contributed by atoms with E-state index in [0.717, 1.165) is 0 Å². The van der Waals surface area contributed by atoms with Gasteiger partial charge in [-0.25, -0.2) is 9.36 Å². The number of alkyl halides is 1. The lowest BCUT2D eigenvalue weighted by Crippen LogP contribution is -2.69. The lowest BCUT2D eigenvalue weighted by molar-refractivity contribution is -0.152. The summed E-state index contributed by atoms with van der Waals surface area (Å²) < 4.78 is 41.4. The number of nitrogens with zero attached hydrogens (tertiary/aromatic N) is 4. The first kappa shape index (κ1) is 34.3. The van der Waals surface area contributed by atoms with Gasteiger partial charge < -0.3 is 18.7 Å². The van der Waals surface area contributed by atoms with Crippen LogP contribution >= 0.6 is 39.6 Å². The first-order valence-corrected chi connectivity index (χ1v) is 16.0. The molecule has 0 aromatic heterocycles. The molecule has 0 aliphatic carbocycles. The predicted octanol–water partition coefficient (Wildman–Crippen LogP) is 4.60. The Bertz CT molecular complexity index is 1260. The second kappa shape index (κ2) is 14.5. The van der Waals surface area contributed by atoms with Crippen LogP contribution < -0.4 is 14.9 Å². The van der Waals surface area contributed by atoms with E-state index >= 15 is 0 Å². The topological polar surface area (TPSA) is 190 Å². The summed E-state index contributed by atoms with van der Waals surface area (Å²) in [7, 11) is -1.76. The van der Waals surface area contributed by atoms with E-state index < -0.39 is 67.2 Å². The van der Waals surface area contributed by atoms with Gasteiger partial charge in [0, 0.05) is 22.9 Å². The maximum Gasteiger partial charge on any atom is 0.459 e. The lowest BCUT2D eigenvalue weighted by Gasteiger charge is -2.44. The van der Waals surface area contributed by atoms with E-state index in [2.05, 4.69) is 52.3 Å². The SMILES string of the molecule is COC(=O)[C@H](CC(C)C)NP(=O)(OC[C@H]1O[C@@H](N2C(=O)NC(=O)C(C)(Br)C2OC)C[C@@H]1N=[N+]=[N-])Oc1cccc(Br)c1. The number of imide groups is 1. The number of urea groups is 1. The van der Waals surface area contributed by atoms with Gasteiger partial charge in [-0.15, -0.1) is 0 Å². The first-order valence-electron chi connectivity index (χ1n) is 12.8. The monoisotopic (exact) mass is 738 g/mol. The number of esters is 1. The molecule has 0 bridgehead atoms. The normalized spacial score (nSPS) is 28.0. The first-order chi connectivity index (χ1) is 19.7. The van der Waals surface area contributed by atoms with Crippen LogP contribution in [-0.4, -0.2) is 78.6 Å². The van der Waals surface area contributed by atoms with Crippen molar-refractivity contribution < 1.29 is 42.2 Å². The van der Waals surface area contributed by atoms with E-state index in [4.69, 9.17) is 23.3 Å². The second-order valence-corrected chi connectivity index (χ2v) is 14.4. The van der Waals surface area contributed by atoms with E-state index in [1.165, 1.54) is 26.0 Å². The molecule has 232 valence electrons. The molecule has 3 unspecified atom stereocenters. The van der Waals surface area contributed by atoms with E-state index in [-0.39, 0.29) is 24.5 Å². The zero-order chi connectivity index (χ0) is 31.2. The minimum Gasteiger partial charge on any atom is -0.468 e. The average Bonchev–Trinajstić information content (AvgIpc) is 3.30. The Balaban J connectivity index is 1.87. The summed E-state index contributed by atoms with van der Waals surface area (Å²) >= 11 is 6.65. The summed E-state index contributed by atoms with van der Waals surface area (Å²) in [5, 5.41) is 8.72. The van der Waals surface area contributed by atoms with Crippen LogP contribution in [0.1, 0.15) is 33.6 Å². The largest absolute Gasteiger partial charge is 0.468 e. The van der Waals surface area contributed by atoms with Gasteiger partial charge in [0.15, 0.2) is 6.23 Å². The molecular weight excluding hydrogens is 707 g/mol. The molecule has 3 rings (SSSR count). The van der Waals surface area contributed by atoms with Crippen LogP contribution in [-0.2, 0) is 32.9 Å². The Morgan fingerprint density at radius 2 is 2.10 bits per heavy atom. The highest BCUT2D eigenvalue weighted by Crippen LogP contribution is 2.47. The summed E-state index contributed by atoms with van der Waals surface area (Å²) in [5.74, 6) is -1.06. The predicted molar refractivity (Wildman–Crippen MR) is 156 cm³/mol. The molecule has 15 nitrogen and oxygen atoms in total. The summed E-state index contributed by atoms with van der Waals surface area (Å²) in [6.45, 7) is 4.87. The number of carbonyl (C=O) groups is 3. The highest BCUT2D eigenvalue weighted by Gasteiger charge is 2.54. The second-order valence-electron chi connectivity index (χ2n) is 10.1. The van der Waals surface area contributed by atoms with E-state index in [9.17, 15) is 24.5 Å². The van der Waals surface area contributed by atoms with Gasteiger partial charge >= 0.3 is 19.7 Å². The third-order valence-electron chi connectivity index (χ3n) is 6.49. The number of nitrogens with one attached hydrogen (secondary N) is 2. The van der Waals surface area contributed by atoms with Crippen molar-refractivity contribution in [3.8, 4) is 5.75 Å². The number of azide groups is 1. The number of amides is 3. The fourth-order valence-corrected chi connectivity index (χ4v) is 6.93. The summed E-state index contributed by atoms with van der Waals surface area (Å²) in [5.41, 5.74) is 9.19. The number of hydrogen-bond acceptors (Lipinski definition) is 10. The quantitative estimate of drug-likeness (QED) is 0.0722. The van der Waals surface area contributed by atoms with E-state index in [1.54, 1.807) is 24.3 Å². The fraction of sp³-hybridized carbons (Fsp3) is 0.625. The highest BCUT2D eigenvalue weighted by molar-refractivity contribution is 9.10. The van der Waals surface area contributed by atoms with Gasteiger partial charge in [0.25, 0.3) is 0 Å². The molecule has 2 aliphatic heterocycles. The van der Waals surface area contributed by atoms with Gasteiger partial charge in [-0.05, 0) is 43.0 Å². The minimum absolute atomic E-state index is 0.0188. The Kier molecular flexibility index (Phi) is 11.8. The Morgan fingerprint density at radius 3 is 2.69 bits per heavy atom. The van der Waals surface area contributed by atoms with Gasteiger partial charge in [-0.1, -0.05) is 56.9 Å². The third kappa shape index (κ3) is 8.23. The molecule has 3 amide bonds. The smallest absolute Gasteiger partial charge is 0.459 e. The van der Waals surface area contributed by atoms with Crippen molar-refractivity contribution in [1.29, 1.82) is 0 Å². The number of rotatable bonds is 13. The van der Waals surface area contributed by atoms with E-state index in [0.29, 0.717) is 4.47 Å². The van der Waals surface area contributed by atoms with Gasteiger partial charge in [-0.3, -0.25) is 24.3 Å². The molecule has 1 aromatic rings. The van der Waals surface area contributed by atoms with Crippen LogP contribution in [0.4, 0.5) is 4.79 Å². The van der Waals surface area contributed by atoms with Crippen molar-refractivity contribution in [2.75, 3.05) is 20.8 Å².